The number of amides is 7. The first-order valence-corrected chi connectivity index (χ1v) is 34.8. The zero-order valence-electron chi connectivity index (χ0n) is 46.4. The van der Waals surface area contributed by atoms with Crippen LogP contribution >= 0.6 is 36.2 Å². The van der Waals surface area contributed by atoms with Gasteiger partial charge in [0.05, 0.1) is 38.3 Å². The number of nitrogens with two attached hydrogens (primary N) is 3. The van der Waals surface area contributed by atoms with Crippen LogP contribution in [0.3, 0.4) is 0 Å². The standard InChI is InChI=1S/C19H28N3O6PS.C14H23N5O4.2C6H11O2PS.CH5N.P2S2/c1-19(2,3)28-17(26)12-21-13(18(27)29-30)6-4-5-10-20-14(23)9-11-22-15(24)7-8-16(22)25;15-9-18-10(14(16)23)3-1-2-7-17-11(20)6-8-19-12(21)4-5-13(19)22;2*1-6(2,3)8-5(7)4-9-10;1-2;3-1-2-4/h7-8,13,21H,4-6,9-12H2,1-3H3,(H,20,23);4-5,10,18H,1-3,6-9,15H2,(H2,16,23)(H,17,20);2*4H2,1-3H3;2H2,1H3;. The third kappa shape index (κ3) is 50.2. The lowest BCUT2D eigenvalue weighted by Crippen LogP contribution is -2.43. The second kappa shape index (κ2) is 48.2. The number of ether oxygens (including phenoxy) is 3. The summed E-state index contributed by atoms with van der Waals surface area (Å²) in [5.41, 5.74) is 13.5. The first kappa shape index (κ1) is 82.2. The highest BCUT2D eigenvalue weighted by molar-refractivity contribution is 8.40. The smallest absolute Gasteiger partial charge is 0.320 e. The molecule has 2 aliphatic rings. The van der Waals surface area contributed by atoms with E-state index in [9.17, 15) is 52.7 Å². The predicted octanol–water partition coefficient (Wildman–Crippen LogP) is 3.54. The lowest BCUT2D eigenvalue weighted by molar-refractivity contribution is -0.154. The van der Waals surface area contributed by atoms with Gasteiger partial charge in [-0.15, -0.1) is 0 Å². The Morgan fingerprint density at radius 2 is 0.899 bits per heavy atom. The molecule has 0 saturated carbocycles. The Morgan fingerprint density at radius 3 is 1.19 bits per heavy atom. The van der Waals surface area contributed by atoms with Gasteiger partial charge >= 0.3 is 17.9 Å². The average Bonchev–Trinajstić information content (AvgIpc) is 3.85. The third-order valence-electron chi connectivity index (χ3n) is 8.68. The number of imide groups is 2. The zero-order valence-corrected chi connectivity index (χ0v) is 55.0. The number of esters is 3. The fourth-order valence-electron chi connectivity index (χ4n) is 5.61. The first-order valence-electron chi connectivity index (χ1n) is 24.2. The van der Waals surface area contributed by atoms with E-state index in [0.29, 0.717) is 78.7 Å². The second-order valence-electron chi connectivity index (χ2n) is 18.7. The van der Waals surface area contributed by atoms with Crippen LogP contribution in [0.25, 0.3) is 0 Å². The van der Waals surface area contributed by atoms with E-state index in [2.05, 4.69) is 74.2 Å². The Bertz CT molecular complexity index is 2040. The molecule has 0 aromatic carbocycles. The monoisotopic (exact) mass is 1300 g/mol. The molecule has 0 aliphatic carbocycles. The molecule has 2 atom stereocenters. The Morgan fingerprint density at radius 1 is 0.557 bits per heavy atom. The lowest BCUT2D eigenvalue weighted by Gasteiger charge is -2.21. The predicted molar refractivity (Wildman–Crippen MR) is 325 cm³/mol. The van der Waals surface area contributed by atoms with E-state index in [0.717, 1.165) is 23.9 Å². The fraction of sp³-hybridized carbons (Fsp3) is 0.674. The van der Waals surface area contributed by atoms with E-state index in [1.165, 1.54) is 31.4 Å². The van der Waals surface area contributed by atoms with Crippen molar-refractivity contribution in [1.82, 2.24) is 31.1 Å². The van der Waals surface area contributed by atoms with Crippen molar-refractivity contribution in [2.24, 2.45) is 17.2 Å². The highest BCUT2D eigenvalue weighted by Gasteiger charge is 2.25. The number of hydrogen-bond acceptors (Lipinski definition) is 23. The summed E-state index contributed by atoms with van der Waals surface area (Å²) >= 11 is 22.8. The van der Waals surface area contributed by atoms with E-state index >= 15 is 0 Å². The minimum absolute atomic E-state index is 0.0343. The summed E-state index contributed by atoms with van der Waals surface area (Å²) in [5.74, 6) is -3.45. The van der Waals surface area contributed by atoms with Crippen LogP contribution in [0.5, 0.6) is 0 Å². The van der Waals surface area contributed by atoms with Gasteiger partial charge in [0.1, 0.15) is 16.8 Å². The number of rotatable bonds is 29. The Labute approximate surface area is 497 Å². The molecule has 0 aromatic rings. The highest BCUT2D eigenvalue weighted by atomic mass is 32.7. The van der Waals surface area contributed by atoms with Crippen LogP contribution in [-0.2, 0) is 126 Å². The molecule has 0 bridgehead atoms. The van der Waals surface area contributed by atoms with Crippen molar-refractivity contribution in [2.75, 3.05) is 58.8 Å². The molecular weight excluding hydrogens is 1220 g/mol. The summed E-state index contributed by atoms with van der Waals surface area (Å²) in [6, 6.07) is -1.01. The number of carbonyl (C=O) groups is 11. The molecule has 0 saturated heterocycles. The number of nitrogens with one attached hydrogen (secondary N) is 4. The number of nitrogens with zero attached hydrogens (tertiary/aromatic N) is 2. The van der Waals surface area contributed by atoms with Gasteiger partial charge in [0.15, 0.2) is 0 Å². The van der Waals surface area contributed by atoms with Crippen LogP contribution in [0.15, 0.2) is 24.3 Å². The third-order valence-corrected chi connectivity index (χ3v) is 13.9. The van der Waals surface area contributed by atoms with Crippen molar-refractivity contribution < 1.29 is 67.0 Å². The maximum absolute atomic E-state index is 12.0. The topological polar surface area (TPSA) is 348 Å². The van der Waals surface area contributed by atoms with Crippen molar-refractivity contribution in [3.05, 3.63) is 24.3 Å². The molecule has 0 spiro atoms. The first-order chi connectivity index (χ1) is 36.8. The molecule has 2 rings (SSSR count). The largest absolute Gasteiger partial charge is 0.459 e. The molecule has 2 heterocycles. The number of primary amides is 1. The molecule has 446 valence electrons. The molecule has 33 heteroatoms. The van der Waals surface area contributed by atoms with Gasteiger partial charge in [-0.3, -0.25) is 73.2 Å². The van der Waals surface area contributed by atoms with Gasteiger partial charge in [-0.2, -0.15) is 0 Å². The van der Waals surface area contributed by atoms with E-state index in [1.807, 2.05) is 41.5 Å². The minimum atomic E-state index is -0.599. The van der Waals surface area contributed by atoms with Gasteiger partial charge in [0.2, 0.25) is 23.2 Å². The Hall–Kier alpha value is -3.31. The van der Waals surface area contributed by atoms with Crippen LogP contribution in [0.1, 0.15) is 114 Å². The van der Waals surface area contributed by atoms with Gasteiger partial charge < -0.3 is 42.0 Å². The molecule has 2 aliphatic heterocycles. The summed E-state index contributed by atoms with van der Waals surface area (Å²) in [4.78, 5) is 127. The molecule has 0 aromatic heterocycles. The van der Waals surface area contributed by atoms with Crippen molar-refractivity contribution in [2.45, 2.75) is 143 Å². The summed E-state index contributed by atoms with van der Waals surface area (Å²) in [7, 11) is 4.72. The molecule has 7 amide bonds. The van der Waals surface area contributed by atoms with E-state index in [4.69, 9.17) is 37.5 Å². The van der Waals surface area contributed by atoms with Crippen LogP contribution in [0.2, 0.25) is 0 Å². The fourth-order valence-corrected chi connectivity index (χ4v) is 7.31. The van der Waals surface area contributed by atoms with Crippen LogP contribution in [0, 0.1) is 0 Å². The van der Waals surface area contributed by atoms with Crippen molar-refractivity contribution in [3.63, 3.8) is 0 Å². The Kier molecular flexibility index (Phi) is 50.2. The van der Waals surface area contributed by atoms with Gasteiger partial charge in [0, 0.05) is 84.1 Å². The van der Waals surface area contributed by atoms with Crippen LogP contribution in [0.4, 0.5) is 0 Å². The summed E-state index contributed by atoms with van der Waals surface area (Å²) in [6.45, 7) is 17.4. The average molecular weight is 1300 g/mol. The SMILES string of the molecule is CC(C)(C)OC(=O)CNC(CCCCNC(=O)CCN1C(=O)C=CC1=O)C(=O)P=S.CC(C)(C)OC(=O)CP=S.CC(C)(C)OC(=O)CP=S.CN.NCNC(CCCCNC(=O)CCN1C(=O)C=CC1=O)C(N)=O.S=PP=S. The van der Waals surface area contributed by atoms with Gasteiger partial charge in [0.25, 0.3) is 23.6 Å². The molecule has 0 fully saturated rings. The Balaban J connectivity index is -0.000000501. The zero-order chi connectivity index (χ0) is 61.8. The van der Waals surface area contributed by atoms with E-state index in [-0.39, 0.29) is 87.0 Å². The molecule has 79 heavy (non-hydrogen) atoms. The molecule has 2 unspecified atom stereocenters. The molecule has 0 radical (unpaired) electrons. The van der Waals surface area contributed by atoms with E-state index < -0.39 is 53.2 Å². The molecule has 10 N–H and O–H groups in total. The molecule has 23 nitrogen and oxygen atoms in total. The second-order valence-corrected chi connectivity index (χ2v) is 26.9. The summed E-state index contributed by atoms with van der Waals surface area (Å²) in [6.07, 6.45) is 9.12. The van der Waals surface area contributed by atoms with Crippen molar-refractivity contribution in [1.29, 1.82) is 0 Å². The van der Waals surface area contributed by atoms with Gasteiger partial charge in [-0.1, -0.05) is 23.6 Å². The maximum Gasteiger partial charge on any atom is 0.320 e. The summed E-state index contributed by atoms with van der Waals surface area (Å²) in [5, 5.41) is 11.1. The molecular formula is C46H78N9O14P5S5. The van der Waals surface area contributed by atoms with Crippen molar-refractivity contribution >= 4 is 160 Å². The normalized spacial score (nSPS) is 13.5. The maximum atomic E-state index is 12.0. The number of carbonyl (C=O) groups excluding carboxylic acids is 11. The number of hydrogen-bond donors (Lipinski definition) is 7. The quantitative estimate of drug-likeness (QED) is 0.0141. The van der Waals surface area contributed by atoms with Crippen LogP contribution < -0.4 is 38.5 Å². The summed E-state index contributed by atoms with van der Waals surface area (Å²) < 4.78 is 15.1. The van der Waals surface area contributed by atoms with E-state index in [1.54, 1.807) is 20.8 Å². The lowest BCUT2D eigenvalue weighted by atomic mass is 10.1. The minimum Gasteiger partial charge on any atom is -0.459 e. The van der Waals surface area contributed by atoms with Crippen LogP contribution in [-0.4, -0.2) is 162 Å². The van der Waals surface area contributed by atoms with Gasteiger partial charge in [-0.25, -0.2) is 0 Å². The van der Waals surface area contributed by atoms with Gasteiger partial charge in [-0.05, 0) is 158 Å². The highest BCUT2D eigenvalue weighted by Crippen LogP contribution is 2.13. The van der Waals surface area contributed by atoms with Crippen molar-refractivity contribution in [3.8, 4) is 0 Å². The number of unbranched alkanes of at least 4 members (excludes halogenated alkanes) is 2.